The monoisotopic (exact) mass is 286 g/mol. The number of nitrogens with one attached hydrogen (secondary N) is 1. The summed E-state index contributed by atoms with van der Waals surface area (Å²) in [4.78, 5) is 15.3. The van der Waals surface area contributed by atoms with E-state index in [1.54, 1.807) is 0 Å². The summed E-state index contributed by atoms with van der Waals surface area (Å²) < 4.78 is 0. The standard InChI is InChI=1S/C18H26N2O/c1-3-8-18(9-10-19-13-18)17(21)20-11-4-5-15-12-14(2)6-7-16(15)20/h6-7,12,19H,3-5,8-11,13H2,1-2H3. The third-order valence-electron chi connectivity index (χ3n) is 5.02. The highest BCUT2D eigenvalue weighted by Gasteiger charge is 2.43. The van der Waals surface area contributed by atoms with Crippen LogP contribution < -0.4 is 10.2 Å². The number of hydrogen-bond donors (Lipinski definition) is 1. The van der Waals surface area contributed by atoms with Crippen LogP contribution in [-0.4, -0.2) is 25.5 Å². The van der Waals surface area contributed by atoms with Crippen molar-refractivity contribution in [1.82, 2.24) is 5.32 Å². The first-order chi connectivity index (χ1) is 10.2. The van der Waals surface area contributed by atoms with Crippen molar-refractivity contribution in [3.63, 3.8) is 0 Å². The number of carbonyl (C=O) groups is 1. The molecule has 3 heteroatoms. The van der Waals surface area contributed by atoms with Gasteiger partial charge in [0, 0.05) is 18.8 Å². The molecule has 2 aliphatic rings. The Kier molecular flexibility index (Phi) is 4.03. The van der Waals surface area contributed by atoms with E-state index in [9.17, 15) is 4.79 Å². The van der Waals surface area contributed by atoms with Gasteiger partial charge in [0.05, 0.1) is 5.41 Å². The van der Waals surface area contributed by atoms with Crippen molar-refractivity contribution in [3.05, 3.63) is 29.3 Å². The zero-order valence-corrected chi connectivity index (χ0v) is 13.2. The third-order valence-corrected chi connectivity index (χ3v) is 5.02. The van der Waals surface area contributed by atoms with Gasteiger partial charge in [0.2, 0.25) is 5.91 Å². The third kappa shape index (κ3) is 2.59. The summed E-state index contributed by atoms with van der Waals surface area (Å²) in [6.45, 7) is 7.00. The van der Waals surface area contributed by atoms with E-state index in [2.05, 4.69) is 42.3 Å². The Balaban J connectivity index is 1.92. The minimum Gasteiger partial charge on any atom is -0.316 e. The molecular weight excluding hydrogens is 260 g/mol. The van der Waals surface area contributed by atoms with Gasteiger partial charge in [-0.15, -0.1) is 0 Å². The number of aryl methyl sites for hydroxylation is 2. The first-order valence-electron chi connectivity index (χ1n) is 8.28. The van der Waals surface area contributed by atoms with Crippen molar-refractivity contribution in [1.29, 1.82) is 0 Å². The second-order valence-corrected chi connectivity index (χ2v) is 6.65. The summed E-state index contributed by atoms with van der Waals surface area (Å²) >= 11 is 0. The van der Waals surface area contributed by atoms with Gasteiger partial charge in [-0.2, -0.15) is 0 Å². The number of fused-ring (bicyclic) bond motifs is 1. The van der Waals surface area contributed by atoms with Gasteiger partial charge in [-0.25, -0.2) is 0 Å². The first kappa shape index (κ1) is 14.6. The van der Waals surface area contributed by atoms with Crippen molar-refractivity contribution in [2.24, 2.45) is 5.41 Å². The van der Waals surface area contributed by atoms with Crippen molar-refractivity contribution < 1.29 is 4.79 Å². The van der Waals surface area contributed by atoms with Crippen molar-refractivity contribution in [3.8, 4) is 0 Å². The zero-order chi connectivity index (χ0) is 14.9. The molecule has 1 fully saturated rings. The fraction of sp³-hybridized carbons (Fsp3) is 0.611. The Hall–Kier alpha value is -1.35. The van der Waals surface area contributed by atoms with Gasteiger partial charge in [0.25, 0.3) is 0 Å². The van der Waals surface area contributed by atoms with Crippen LogP contribution in [0.15, 0.2) is 18.2 Å². The summed E-state index contributed by atoms with van der Waals surface area (Å²) in [5.74, 6) is 0.346. The van der Waals surface area contributed by atoms with Crippen LogP contribution in [0.2, 0.25) is 0 Å². The quantitative estimate of drug-likeness (QED) is 0.926. The first-order valence-corrected chi connectivity index (χ1v) is 8.28. The fourth-order valence-electron chi connectivity index (χ4n) is 3.95. The lowest BCUT2D eigenvalue weighted by Crippen LogP contribution is -2.47. The maximum atomic E-state index is 13.2. The number of benzene rings is 1. The van der Waals surface area contributed by atoms with Gasteiger partial charge in [0.15, 0.2) is 0 Å². The second-order valence-electron chi connectivity index (χ2n) is 6.65. The molecule has 0 bridgehead atoms. The topological polar surface area (TPSA) is 32.3 Å². The second kappa shape index (κ2) is 5.80. The molecule has 1 atom stereocenters. The smallest absolute Gasteiger partial charge is 0.234 e. The predicted molar refractivity (Wildman–Crippen MR) is 86.7 cm³/mol. The van der Waals surface area contributed by atoms with E-state index in [4.69, 9.17) is 0 Å². The molecule has 1 amide bonds. The van der Waals surface area contributed by atoms with E-state index in [1.807, 2.05) is 0 Å². The van der Waals surface area contributed by atoms with Crippen molar-refractivity contribution >= 4 is 11.6 Å². The molecule has 0 aromatic heterocycles. The molecule has 1 aromatic rings. The highest BCUT2D eigenvalue weighted by molar-refractivity contribution is 5.99. The maximum absolute atomic E-state index is 13.2. The molecule has 3 nitrogen and oxygen atoms in total. The minimum atomic E-state index is -0.172. The molecule has 0 saturated carbocycles. The molecule has 0 spiro atoms. The molecule has 3 rings (SSSR count). The van der Waals surface area contributed by atoms with Gasteiger partial charge in [0.1, 0.15) is 0 Å². The van der Waals surface area contributed by atoms with E-state index < -0.39 is 0 Å². The normalized spacial score (nSPS) is 25.0. The molecular formula is C18H26N2O. The summed E-state index contributed by atoms with van der Waals surface area (Å²) in [5.41, 5.74) is 3.61. The van der Waals surface area contributed by atoms with Crippen molar-refractivity contribution in [2.75, 3.05) is 24.5 Å². The Morgan fingerprint density at radius 3 is 3.00 bits per heavy atom. The number of anilines is 1. The van der Waals surface area contributed by atoms with Gasteiger partial charge in [-0.3, -0.25) is 4.79 Å². The molecule has 0 radical (unpaired) electrons. The highest BCUT2D eigenvalue weighted by atomic mass is 16.2. The lowest BCUT2D eigenvalue weighted by molar-refractivity contribution is -0.127. The lowest BCUT2D eigenvalue weighted by atomic mass is 9.80. The van der Waals surface area contributed by atoms with Gasteiger partial charge in [-0.05, 0) is 50.8 Å². The molecule has 0 aliphatic carbocycles. The van der Waals surface area contributed by atoms with Crippen LogP contribution in [-0.2, 0) is 11.2 Å². The number of nitrogens with zero attached hydrogens (tertiary/aromatic N) is 1. The van der Waals surface area contributed by atoms with E-state index >= 15 is 0 Å². The molecule has 1 saturated heterocycles. The van der Waals surface area contributed by atoms with Gasteiger partial charge < -0.3 is 10.2 Å². The van der Waals surface area contributed by atoms with Gasteiger partial charge >= 0.3 is 0 Å². The van der Waals surface area contributed by atoms with Crippen LogP contribution in [0.4, 0.5) is 5.69 Å². The molecule has 21 heavy (non-hydrogen) atoms. The van der Waals surface area contributed by atoms with E-state index in [0.717, 1.165) is 57.4 Å². The number of carbonyl (C=O) groups excluding carboxylic acids is 1. The van der Waals surface area contributed by atoms with E-state index in [0.29, 0.717) is 5.91 Å². The molecule has 2 aliphatic heterocycles. The zero-order valence-electron chi connectivity index (χ0n) is 13.2. The Morgan fingerprint density at radius 1 is 1.43 bits per heavy atom. The summed E-state index contributed by atoms with van der Waals surface area (Å²) in [5, 5.41) is 3.40. The molecule has 1 N–H and O–H groups in total. The number of rotatable bonds is 3. The fourth-order valence-corrected chi connectivity index (χ4v) is 3.95. The van der Waals surface area contributed by atoms with Crippen LogP contribution in [0.3, 0.4) is 0 Å². The largest absolute Gasteiger partial charge is 0.316 e. The van der Waals surface area contributed by atoms with Crippen LogP contribution in [0.5, 0.6) is 0 Å². The van der Waals surface area contributed by atoms with Crippen LogP contribution in [0.25, 0.3) is 0 Å². The average molecular weight is 286 g/mol. The summed E-state index contributed by atoms with van der Waals surface area (Å²) in [7, 11) is 0. The average Bonchev–Trinajstić information content (AvgIpc) is 2.96. The lowest BCUT2D eigenvalue weighted by Gasteiger charge is -2.37. The molecule has 2 heterocycles. The van der Waals surface area contributed by atoms with E-state index in [-0.39, 0.29) is 5.41 Å². The molecule has 1 aromatic carbocycles. The predicted octanol–water partition coefficient (Wildman–Crippen LogP) is 3.05. The Labute approximate surface area is 127 Å². The van der Waals surface area contributed by atoms with Gasteiger partial charge in [-0.1, -0.05) is 31.0 Å². The van der Waals surface area contributed by atoms with E-state index in [1.165, 1.54) is 11.1 Å². The summed E-state index contributed by atoms with van der Waals surface area (Å²) in [6.07, 6.45) is 5.23. The van der Waals surface area contributed by atoms with Crippen LogP contribution >= 0.6 is 0 Å². The minimum absolute atomic E-state index is 0.172. The highest BCUT2D eigenvalue weighted by Crippen LogP contribution is 2.37. The molecule has 114 valence electrons. The Morgan fingerprint density at radius 2 is 2.29 bits per heavy atom. The maximum Gasteiger partial charge on any atom is 0.234 e. The van der Waals surface area contributed by atoms with Crippen molar-refractivity contribution in [2.45, 2.75) is 46.0 Å². The number of hydrogen-bond acceptors (Lipinski definition) is 2. The van der Waals surface area contributed by atoms with Crippen LogP contribution in [0.1, 0.15) is 43.7 Å². The summed E-state index contributed by atoms with van der Waals surface area (Å²) in [6, 6.07) is 6.52. The Bertz CT molecular complexity index is 532. The van der Waals surface area contributed by atoms with Crippen LogP contribution in [0, 0.1) is 12.3 Å². The molecule has 1 unspecified atom stereocenters. The number of amides is 1. The SMILES string of the molecule is CCCC1(C(=O)N2CCCc3cc(C)ccc32)CCNC1.